The highest BCUT2D eigenvalue weighted by Gasteiger charge is 2.23. The molecule has 1 aromatic heterocycles. The lowest BCUT2D eigenvalue weighted by Gasteiger charge is -2.30. The second-order valence-corrected chi connectivity index (χ2v) is 5.64. The van der Waals surface area contributed by atoms with Gasteiger partial charge in [-0.25, -0.2) is 4.98 Å². The first kappa shape index (κ1) is 13.8. The molecule has 1 fully saturated rings. The quantitative estimate of drug-likeness (QED) is 0.937. The van der Waals surface area contributed by atoms with E-state index in [9.17, 15) is 0 Å². The maximum Gasteiger partial charge on any atom is 0.153 e. The van der Waals surface area contributed by atoms with Crippen LogP contribution in [0.4, 0.5) is 0 Å². The van der Waals surface area contributed by atoms with Gasteiger partial charge in [-0.2, -0.15) is 10.4 Å². The molecule has 5 nitrogen and oxygen atoms in total. The molecule has 0 bridgehead atoms. The summed E-state index contributed by atoms with van der Waals surface area (Å²) < 4.78 is 0. The summed E-state index contributed by atoms with van der Waals surface area (Å²) in [5.41, 5.74) is 1.98. The summed E-state index contributed by atoms with van der Waals surface area (Å²) >= 11 is 0. The Bertz CT molecular complexity index is 629. The van der Waals surface area contributed by atoms with Gasteiger partial charge in [-0.15, -0.1) is 0 Å². The van der Waals surface area contributed by atoms with Crippen LogP contribution in [0.2, 0.25) is 0 Å². The minimum absolute atomic E-state index is 0.479. The third kappa shape index (κ3) is 3.29. The first-order valence-electron chi connectivity index (χ1n) is 7.35. The Morgan fingerprint density at radius 1 is 1.29 bits per heavy atom. The molecular weight excluding hydrogens is 262 g/mol. The van der Waals surface area contributed by atoms with Gasteiger partial charge in [0, 0.05) is 12.5 Å². The number of likely N-dealkylation sites (tertiary alicyclic amines) is 1. The first-order chi connectivity index (χ1) is 10.2. The van der Waals surface area contributed by atoms with Crippen LogP contribution >= 0.6 is 0 Å². The van der Waals surface area contributed by atoms with E-state index in [0.717, 1.165) is 49.7 Å². The fourth-order valence-corrected chi connectivity index (χ4v) is 2.83. The average molecular weight is 281 g/mol. The number of hydrogen-bond acceptors (Lipinski definition) is 4. The van der Waals surface area contributed by atoms with E-state index in [4.69, 9.17) is 5.26 Å². The van der Waals surface area contributed by atoms with E-state index < -0.39 is 0 Å². The summed E-state index contributed by atoms with van der Waals surface area (Å²) in [6, 6.07) is 10.0. The summed E-state index contributed by atoms with van der Waals surface area (Å²) in [6.45, 7) is 5.03. The molecule has 3 rings (SSSR count). The summed E-state index contributed by atoms with van der Waals surface area (Å²) in [4.78, 5) is 6.90. The van der Waals surface area contributed by atoms with Gasteiger partial charge in [0.15, 0.2) is 5.82 Å². The van der Waals surface area contributed by atoms with Gasteiger partial charge in [0.25, 0.3) is 0 Å². The second kappa shape index (κ2) is 6.06. The molecule has 0 unspecified atom stereocenters. The smallest absolute Gasteiger partial charge is 0.153 e. The molecule has 0 radical (unpaired) electrons. The number of benzene rings is 1. The van der Waals surface area contributed by atoms with Gasteiger partial charge in [-0.3, -0.25) is 10.00 Å². The molecule has 1 aromatic carbocycles. The van der Waals surface area contributed by atoms with Crippen LogP contribution in [-0.2, 0) is 6.54 Å². The Morgan fingerprint density at radius 2 is 2.00 bits per heavy atom. The van der Waals surface area contributed by atoms with E-state index in [0.29, 0.717) is 5.92 Å². The van der Waals surface area contributed by atoms with Crippen molar-refractivity contribution in [2.24, 2.45) is 0 Å². The molecule has 108 valence electrons. The van der Waals surface area contributed by atoms with Crippen molar-refractivity contribution in [3.8, 4) is 6.07 Å². The van der Waals surface area contributed by atoms with E-state index in [-0.39, 0.29) is 0 Å². The lowest BCUT2D eigenvalue weighted by Crippen LogP contribution is -2.32. The number of nitrogens with zero attached hydrogens (tertiary/aromatic N) is 4. The minimum Gasteiger partial charge on any atom is -0.299 e. The second-order valence-electron chi connectivity index (χ2n) is 5.64. The molecule has 2 aromatic rings. The van der Waals surface area contributed by atoms with Gasteiger partial charge in [-0.1, -0.05) is 12.1 Å². The van der Waals surface area contributed by atoms with Gasteiger partial charge >= 0.3 is 0 Å². The zero-order valence-corrected chi connectivity index (χ0v) is 12.2. The number of aromatic amines is 1. The van der Waals surface area contributed by atoms with Crippen molar-refractivity contribution in [1.82, 2.24) is 20.1 Å². The summed E-state index contributed by atoms with van der Waals surface area (Å²) in [7, 11) is 0. The van der Waals surface area contributed by atoms with Crippen LogP contribution in [0.3, 0.4) is 0 Å². The number of hydrogen-bond donors (Lipinski definition) is 1. The molecule has 1 aliphatic rings. The monoisotopic (exact) mass is 281 g/mol. The summed E-state index contributed by atoms with van der Waals surface area (Å²) in [5.74, 6) is 2.34. The molecule has 0 aliphatic carbocycles. The van der Waals surface area contributed by atoms with Crippen molar-refractivity contribution >= 4 is 0 Å². The lowest BCUT2D eigenvalue weighted by atomic mass is 9.96. The molecule has 0 amide bonds. The van der Waals surface area contributed by atoms with Crippen LogP contribution in [0.15, 0.2) is 24.3 Å². The number of aryl methyl sites for hydroxylation is 1. The highest BCUT2D eigenvalue weighted by Crippen LogP contribution is 2.26. The predicted molar refractivity (Wildman–Crippen MR) is 79.5 cm³/mol. The van der Waals surface area contributed by atoms with Crippen LogP contribution < -0.4 is 0 Å². The third-order valence-electron chi connectivity index (χ3n) is 4.06. The van der Waals surface area contributed by atoms with Gasteiger partial charge in [0.1, 0.15) is 5.82 Å². The third-order valence-corrected chi connectivity index (χ3v) is 4.06. The van der Waals surface area contributed by atoms with Crippen molar-refractivity contribution in [1.29, 1.82) is 5.26 Å². The van der Waals surface area contributed by atoms with Gasteiger partial charge in [0.2, 0.25) is 0 Å². The van der Waals surface area contributed by atoms with E-state index in [1.807, 2.05) is 31.2 Å². The Morgan fingerprint density at radius 3 is 2.57 bits per heavy atom. The van der Waals surface area contributed by atoms with Crippen molar-refractivity contribution in [3.05, 3.63) is 47.0 Å². The SMILES string of the molecule is Cc1nc(C2CCN(Cc3ccc(C#N)cc3)CC2)n[nH]1. The number of rotatable bonds is 3. The molecular formula is C16H19N5. The van der Waals surface area contributed by atoms with E-state index in [2.05, 4.69) is 26.2 Å². The van der Waals surface area contributed by atoms with Gasteiger partial charge in [-0.05, 0) is 50.6 Å². The number of aromatic nitrogens is 3. The normalized spacial score (nSPS) is 16.8. The largest absolute Gasteiger partial charge is 0.299 e. The van der Waals surface area contributed by atoms with E-state index in [1.165, 1.54) is 5.56 Å². The molecule has 1 saturated heterocycles. The van der Waals surface area contributed by atoms with Crippen LogP contribution in [0.1, 0.15) is 41.5 Å². The molecule has 0 atom stereocenters. The highest BCUT2D eigenvalue weighted by atomic mass is 15.2. The molecule has 5 heteroatoms. The molecule has 1 aliphatic heterocycles. The zero-order valence-electron chi connectivity index (χ0n) is 12.2. The van der Waals surface area contributed by atoms with E-state index in [1.54, 1.807) is 0 Å². The van der Waals surface area contributed by atoms with Crippen LogP contribution in [0, 0.1) is 18.3 Å². The standard InChI is InChI=1S/C16H19N5/c1-12-18-16(20-19-12)15-6-8-21(9-7-15)11-14-4-2-13(10-17)3-5-14/h2-5,15H,6-9,11H2,1H3,(H,18,19,20). The topological polar surface area (TPSA) is 68.6 Å². The van der Waals surface area contributed by atoms with Crippen molar-refractivity contribution in [2.75, 3.05) is 13.1 Å². The molecule has 2 heterocycles. The summed E-state index contributed by atoms with van der Waals surface area (Å²) in [5, 5.41) is 16.0. The molecule has 1 N–H and O–H groups in total. The maximum atomic E-state index is 8.81. The Balaban J connectivity index is 1.54. The Labute approximate surface area is 124 Å². The van der Waals surface area contributed by atoms with Gasteiger partial charge < -0.3 is 0 Å². The molecule has 21 heavy (non-hydrogen) atoms. The van der Waals surface area contributed by atoms with Gasteiger partial charge in [0.05, 0.1) is 11.6 Å². The lowest BCUT2D eigenvalue weighted by molar-refractivity contribution is 0.202. The number of nitrogens with one attached hydrogen (secondary N) is 1. The van der Waals surface area contributed by atoms with Crippen molar-refractivity contribution in [2.45, 2.75) is 32.2 Å². The van der Waals surface area contributed by atoms with Crippen LogP contribution in [0.25, 0.3) is 0 Å². The Kier molecular flexibility index (Phi) is 3.98. The fraction of sp³-hybridized carbons (Fsp3) is 0.438. The maximum absolute atomic E-state index is 8.81. The summed E-state index contributed by atoms with van der Waals surface area (Å²) in [6.07, 6.45) is 2.21. The first-order valence-corrected chi connectivity index (χ1v) is 7.35. The molecule has 0 spiro atoms. The van der Waals surface area contributed by atoms with E-state index >= 15 is 0 Å². The number of nitriles is 1. The minimum atomic E-state index is 0.479. The van der Waals surface area contributed by atoms with Crippen LogP contribution in [0.5, 0.6) is 0 Å². The van der Waals surface area contributed by atoms with Crippen molar-refractivity contribution < 1.29 is 0 Å². The average Bonchev–Trinajstić information content (AvgIpc) is 2.95. The fourth-order valence-electron chi connectivity index (χ4n) is 2.83. The Hall–Kier alpha value is -2.19. The van der Waals surface area contributed by atoms with Crippen molar-refractivity contribution in [3.63, 3.8) is 0 Å². The predicted octanol–water partition coefficient (Wildman–Crippen LogP) is 2.36. The van der Waals surface area contributed by atoms with Crippen LogP contribution in [-0.4, -0.2) is 33.2 Å². The zero-order chi connectivity index (χ0) is 14.7. The molecule has 0 saturated carbocycles. The number of piperidine rings is 1. The number of H-pyrrole nitrogens is 1. The highest BCUT2D eigenvalue weighted by molar-refractivity contribution is 5.31.